The molecule has 2 aromatic heterocycles. The van der Waals surface area contributed by atoms with Gasteiger partial charge in [-0.15, -0.1) is 11.3 Å². The van der Waals surface area contributed by atoms with Gasteiger partial charge in [-0.2, -0.15) is 5.10 Å². The number of hydrogen-bond acceptors (Lipinski definition) is 4. The van der Waals surface area contributed by atoms with E-state index < -0.39 is 0 Å². The molecule has 3 heterocycles. The Morgan fingerprint density at radius 1 is 1.31 bits per heavy atom. The molecule has 6 heteroatoms. The van der Waals surface area contributed by atoms with E-state index >= 15 is 0 Å². The standard InChI is InChI=1S/C20H22N4OS/c1-13-8-10-26-19(13)17(11-14-5-3-2-4-6-14)22-20(25)18-15-12-21-9-7-16(15)23-24-18/h2-6,8,10,17,21H,7,9,11-12H2,1H3,(H,22,25)(H,23,24). The van der Waals surface area contributed by atoms with Gasteiger partial charge < -0.3 is 10.6 Å². The number of amides is 1. The summed E-state index contributed by atoms with van der Waals surface area (Å²) in [5.74, 6) is -0.111. The number of aryl methyl sites for hydroxylation is 1. The van der Waals surface area contributed by atoms with E-state index in [2.05, 4.69) is 51.3 Å². The normalized spacial score (nSPS) is 14.7. The zero-order valence-electron chi connectivity index (χ0n) is 14.7. The van der Waals surface area contributed by atoms with Crippen molar-refractivity contribution in [1.82, 2.24) is 20.8 Å². The summed E-state index contributed by atoms with van der Waals surface area (Å²) in [6.07, 6.45) is 1.64. The molecule has 1 unspecified atom stereocenters. The summed E-state index contributed by atoms with van der Waals surface area (Å²) >= 11 is 1.69. The fourth-order valence-corrected chi connectivity index (χ4v) is 4.42. The molecule has 3 aromatic rings. The van der Waals surface area contributed by atoms with E-state index in [9.17, 15) is 4.79 Å². The second-order valence-electron chi connectivity index (χ2n) is 6.64. The molecule has 0 radical (unpaired) electrons. The molecule has 0 saturated carbocycles. The minimum Gasteiger partial charge on any atom is -0.343 e. The van der Waals surface area contributed by atoms with E-state index in [-0.39, 0.29) is 11.9 Å². The molecule has 1 atom stereocenters. The SMILES string of the molecule is Cc1ccsc1C(Cc1ccccc1)NC(=O)c1n[nH]c2c1CNCC2. The third kappa shape index (κ3) is 3.43. The van der Waals surface area contributed by atoms with Crippen LogP contribution in [0.5, 0.6) is 0 Å². The van der Waals surface area contributed by atoms with E-state index in [1.165, 1.54) is 16.0 Å². The van der Waals surface area contributed by atoms with Crippen molar-refractivity contribution < 1.29 is 4.79 Å². The summed E-state index contributed by atoms with van der Waals surface area (Å²) in [5.41, 5.74) is 4.99. The van der Waals surface area contributed by atoms with Gasteiger partial charge >= 0.3 is 0 Å². The molecule has 0 fully saturated rings. The molecular formula is C20H22N4OS. The summed E-state index contributed by atoms with van der Waals surface area (Å²) < 4.78 is 0. The van der Waals surface area contributed by atoms with Crippen molar-refractivity contribution >= 4 is 17.2 Å². The predicted octanol–water partition coefficient (Wildman–Crippen LogP) is 3.14. The lowest BCUT2D eigenvalue weighted by molar-refractivity contribution is 0.0931. The first-order valence-corrected chi connectivity index (χ1v) is 9.76. The van der Waals surface area contributed by atoms with E-state index in [1.807, 2.05) is 18.2 Å². The lowest BCUT2D eigenvalue weighted by atomic mass is 10.0. The monoisotopic (exact) mass is 366 g/mol. The highest BCUT2D eigenvalue weighted by molar-refractivity contribution is 7.10. The average molecular weight is 366 g/mol. The van der Waals surface area contributed by atoms with Gasteiger partial charge in [-0.25, -0.2) is 0 Å². The lowest BCUT2D eigenvalue weighted by Gasteiger charge is -2.19. The Kier molecular flexibility index (Phi) is 4.86. The van der Waals surface area contributed by atoms with Gasteiger partial charge in [0.1, 0.15) is 0 Å². The number of hydrogen-bond donors (Lipinski definition) is 3. The Hall–Kier alpha value is -2.44. The summed E-state index contributed by atoms with van der Waals surface area (Å²) in [5, 5.41) is 15.9. The molecule has 0 aliphatic carbocycles. The fraction of sp³-hybridized carbons (Fsp3) is 0.300. The molecule has 0 saturated heterocycles. The van der Waals surface area contributed by atoms with Crippen LogP contribution in [0, 0.1) is 6.92 Å². The van der Waals surface area contributed by atoms with Crippen molar-refractivity contribution in [2.45, 2.75) is 32.4 Å². The molecule has 4 rings (SSSR count). The number of nitrogens with zero attached hydrogens (tertiary/aromatic N) is 1. The first kappa shape index (κ1) is 17.0. The van der Waals surface area contributed by atoms with Crippen molar-refractivity contribution in [3.8, 4) is 0 Å². The van der Waals surface area contributed by atoms with Gasteiger partial charge in [-0.3, -0.25) is 9.89 Å². The first-order valence-electron chi connectivity index (χ1n) is 8.88. The lowest BCUT2D eigenvalue weighted by Crippen LogP contribution is -2.32. The van der Waals surface area contributed by atoms with Gasteiger partial charge in [0.05, 0.1) is 6.04 Å². The number of aromatic amines is 1. The third-order valence-electron chi connectivity index (χ3n) is 4.83. The molecule has 1 aromatic carbocycles. The predicted molar refractivity (Wildman–Crippen MR) is 103 cm³/mol. The largest absolute Gasteiger partial charge is 0.343 e. The maximum atomic E-state index is 13.0. The highest BCUT2D eigenvalue weighted by Gasteiger charge is 2.25. The van der Waals surface area contributed by atoms with Crippen LogP contribution in [-0.2, 0) is 19.4 Å². The summed E-state index contributed by atoms with van der Waals surface area (Å²) in [6, 6.07) is 12.3. The molecule has 0 bridgehead atoms. The molecular weight excluding hydrogens is 344 g/mol. The second kappa shape index (κ2) is 7.43. The number of H-pyrrole nitrogens is 1. The van der Waals surface area contributed by atoms with E-state index in [0.717, 1.165) is 30.6 Å². The third-order valence-corrected chi connectivity index (χ3v) is 5.96. The highest BCUT2D eigenvalue weighted by Crippen LogP contribution is 2.27. The van der Waals surface area contributed by atoms with E-state index in [0.29, 0.717) is 12.2 Å². The van der Waals surface area contributed by atoms with Gasteiger partial charge in [-0.05, 0) is 35.9 Å². The molecule has 26 heavy (non-hydrogen) atoms. The number of fused-ring (bicyclic) bond motifs is 1. The quantitative estimate of drug-likeness (QED) is 0.650. The van der Waals surface area contributed by atoms with Gasteiger partial charge in [-0.1, -0.05) is 30.3 Å². The number of benzene rings is 1. The smallest absolute Gasteiger partial charge is 0.272 e. The number of carbonyl (C=O) groups excluding carboxylic acids is 1. The van der Waals surface area contributed by atoms with Gasteiger partial charge in [0, 0.05) is 35.6 Å². The number of thiophene rings is 1. The summed E-state index contributed by atoms with van der Waals surface area (Å²) in [4.78, 5) is 14.2. The van der Waals surface area contributed by atoms with E-state index in [1.54, 1.807) is 11.3 Å². The number of nitrogens with one attached hydrogen (secondary N) is 3. The molecule has 0 spiro atoms. The Morgan fingerprint density at radius 3 is 2.92 bits per heavy atom. The van der Waals surface area contributed by atoms with Crippen LogP contribution in [0.4, 0.5) is 0 Å². The van der Waals surface area contributed by atoms with Gasteiger partial charge in [0.2, 0.25) is 0 Å². The second-order valence-corrected chi connectivity index (χ2v) is 7.59. The highest BCUT2D eigenvalue weighted by atomic mass is 32.1. The van der Waals surface area contributed by atoms with Crippen LogP contribution in [0.15, 0.2) is 41.8 Å². The Balaban J connectivity index is 1.59. The maximum absolute atomic E-state index is 13.0. The molecule has 5 nitrogen and oxygen atoms in total. The molecule has 134 valence electrons. The minimum absolute atomic E-state index is 0.0613. The fourth-order valence-electron chi connectivity index (χ4n) is 3.44. The van der Waals surface area contributed by atoms with Crippen molar-refractivity contribution in [3.63, 3.8) is 0 Å². The van der Waals surface area contributed by atoms with Crippen LogP contribution in [0.1, 0.15) is 43.8 Å². The number of aromatic nitrogens is 2. The van der Waals surface area contributed by atoms with Gasteiger partial charge in [0.15, 0.2) is 5.69 Å². The van der Waals surface area contributed by atoms with Gasteiger partial charge in [0.25, 0.3) is 5.91 Å². The maximum Gasteiger partial charge on any atom is 0.272 e. The van der Waals surface area contributed by atoms with Crippen molar-refractivity contribution in [2.24, 2.45) is 0 Å². The topological polar surface area (TPSA) is 69.8 Å². The zero-order valence-corrected chi connectivity index (χ0v) is 15.5. The van der Waals surface area contributed by atoms with Crippen LogP contribution >= 0.6 is 11.3 Å². The molecule has 1 aliphatic heterocycles. The van der Waals surface area contributed by atoms with Crippen LogP contribution in [-0.4, -0.2) is 22.6 Å². The Labute approximate surface area is 156 Å². The Morgan fingerprint density at radius 2 is 2.15 bits per heavy atom. The minimum atomic E-state index is -0.111. The molecule has 1 aliphatic rings. The first-order chi connectivity index (χ1) is 12.7. The summed E-state index contributed by atoms with van der Waals surface area (Å²) in [6.45, 7) is 3.70. The van der Waals surface area contributed by atoms with E-state index in [4.69, 9.17) is 0 Å². The average Bonchev–Trinajstić information content (AvgIpc) is 3.28. The number of rotatable bonds is 5. The molecule has 1 amide bonds. The zero-order chi connectivity index (χ0) is 17.9. The molecule has 3 N–H and O–H groups in total. The van der Waals surface area contributed by atoms with Crippen molar-refractivity contribution in [2.75, 3.05) is 6.54 Å². The van der Waals surface area contributed by atoms with Crippen LogP contribution in [0.25, 0.3) is 0 Å². The van der Waals surface area contributed by atoms with Crippen molar-refractivity contribution in [1.29, 1.82) is 0 Å². The number of carbonyl (C=O) groups is 1. The summed E-state index contributed by atoms with van der Waals surface area (Å²) in [7, 11) is 0. The Bertz CT molecular complexity index is 900. The van der Waals surface area contributed by atoms with Crippen LogP contribution < -0.4 is 10.6 Å². The van der Waals surface area contributed by atoms with Crippen LogP contribution in [0.3, 0.4) is 0 Å². The van der Waals surface area contributed by atoms with Crippen LogP contribution in [0.2, 0.25) is 0 Å². The van der Waals surface area contributed by atoms with Crippen molar-refractivity contribution in [3.05, 3.63) is 74.7 Å².